The molecule has 4 heteroatoms. The molecule has 0 bridgehead atoms. The number of hydrogen-bond donors (Lipinski definition) is 0. The van der Waals surface area contributed by atoms with E-state index in [0.29, 0.717) is 0 Å². The normalized spacial score (nSPS) is 12.8. The van der Waals surface area contributed by atoms with Crippen molar-refractivity contribution in [3.8, 4) is 0 Å². The van der Waals surface area contributed by atoms with Gasteiger partial charge in [-0.3, -0.25) is 0 Å². The van der Waals surface area contributed by atoms with E-state index in [-0.39, 0.29) is 5.54 Å². The van der Waals surface area contributed by atoms with Gasteiger partial charge >= 0.3 is 0 Å². The van der Waals surface area contributed by atoms with E-state index >= 15 is 0 Å². The molecule has 0 spiro atoms. The van der Waals surface area contributed by atoms with Gasteiger partial charge in [-0.1, -0.05) is 26.2 Å². The zero-order valence-corrected chi connectivity index (χ0v) is 11.9. The highest BCUT2D eigenvalue weighted by atomic mass is 35.5. The summed E-state index contributed by atoms with van der Waals surface area (Å²) in [6.07, 6.45) is 5.18. The lowest BCUT2D eigenvalue weighted by Crippen LogP contribution is -2.43. The molecule has 0 atom stereocenters. The Morgan fingerprint density at radius 3 is 2.13 bits per heavy atom. The van der Waals surface area contributed by atoms with E-state index in [9.17, 15) is 0 Å². The summed E-state index contributed by atoms with van der Waals surface area (Å²) in [6.45, 7) is 8.30. The van der Waals surface area contributed by atoms with Crippen molar-refractivity contribution >= 4 is 23.6 Å². The van der Waals surface area contributed by atoms with Crippen molar-refractivity contribution in [2.45, 2.75) is 52.0 Å². The average molecular weight is 255 g/mol. The number of unbranched alkanes of at least 4 members (excludes halogenated alkanes) is 3. The lowest BCUT2D eigenvalue weighted by Gasteiger charge is -2.32. The number of likely N-dealkylation sites (N-methyl/N-ethyl adjacent to an activating group) is 1. The number of hydrogen-bond acceptors (Lipinski definition) is 2. The van der Waals surface area contributed by atoms with Crippen molar-refractivity contribution in [1.29, 1.82) is 0 Å². The molecule has 0 N–H and O–H groups in total. The highest BCUT2D eigenvalue weighted by Gasteiger charge is 2.25. The molecule has 0 aromatic carbocycles. The Bertz CT molecular complexity index is 161. The highest BCUT2D eigenvalue weighted by Crippen LogP contribution is 2.20. The Labute approximate surface area is 105 Å². The highest BCUT2D eigenvalue weighted by molar-refractivity contribution is 6.34. The maximum absolute atomic E-state index is 5.77. The second-order valence-electron chi connectivity index (χ2n) is 4.84. The summed E-state index contributed by atoms with van der Waals surface area (Å²) in [5.41, 5.74) is -0.192. The third-order valence-electron chi connectivity index (χ3n) is 2.51. The number of rotatable bonds is 8. The van der Waals surface area contributed by atoms with Crippen LogP contribution in [0.5, 0.6) is 0 Å². The summed E-state index contributed by atoms with van der Waals surface area (Å²) in [4.78, 5) is 2.29. The van der Waals surface area contributed by atoms with Crippen molar-refractivity contribution in [2.75, 3.05) is 20.1 Å². The van der Waals surface area contributed by atoms with Gasteiger partial charge in [0, 0.05) is 6.54 Å². The monoisotopic (exact) mass is 254 g/mol. The lowest BCUT2D eigenvalue weighted by molar-refractivity contribution is 0.212. The first-order valence-corrected chi connectivity index (χ1v) is 6.38. The minimum Gasteiger partial charge on any atom is -0.304 e. The minimum absolute atomic E-state index is 0.192. The molecular weight excluding hydrogens is 231 g/mol. The fourth-order valence-corrected chi connectivity index (χ4v) is 1.71. The van der Waals surface area contributed by atoms with Crippen LogP contribution in [-0.4, -0.2) is 34.5 Å². The van der Waals surface area contributed by atoms with Gasteiger partial charge in [0.05, 0.1) is 5.54 Å². The first-order valence-electron chi connectivity index (χ1n) is 5.70. The van der Waals surface area contributed by atoms with Crippen LogP contribution in [0, 0.1) is 0 Å². The standard InChI is InChI=1S/C11H24Cl2N2/c1-5-6-7-8-9-14(4)10-11(2,3)15(12)13/h5-10H2,1-4H3. The maximum Gasteiger partial charge on any atom is 0.0596 e. The van der Waals surface area contributed by atoms with Gasteiger partial charge in [0.15, 0.2) is 0 Å². The van der Waals surface area contributed by atoms with E-state index in [2.05, 4.69) is 18.9 Å². The van der Waals surface area contributed by atoms with Gasteiger partial charge in [-0.15, -0.1) is 3.94 Å². The smallest absolute Gasteiger partial charge is 0.0596 e. The summed E-state index contributed by atoms with van der Waals surface area (Å²) in [7, 11) is 2.12. The summed E-state index contributed by atoms with van der Waals surface area (Å²) in [5, 5.41) is 0. The largest absolute Gasteiger partial charge is 0.304 e. The number of halogens is 2. The van der Waals surface area contributed by atoms with Gasteiger partial charge in [0.25, 0.3) is 0 Å². The SMILES string of the molecule is CCCCCCN(C)CC(C)(C)N(Cl)Cl. The number of nitrogens with zero attached hydrogens (tertiary/aromatic N) is 2. The van der Waals surface area contributed by atoms with Crippen LogP contribution in [0.4, 0.5) is 0 Å². The Morgan fingerprint density at radius 1 is 1.07 bits per heavy atom. The third-order valence-corrected chi connectivity index (χ3v) is 3.42. The summed E-state index contributed by atoms with van der Waals surface area (Å²) < 4.78 is 1.25. The van der Waals surface area contributed by atoms with E-state index in [4.69, 9.17) is 23.6 Å². The van der Waals surface area contributed by atoms with Crippen LogP contribution in [0.2, 0.25) is 0 Å². The van der Waals surface area contributed by atoms with Crippen molar-refractivity contribution in [1.82, 2.24) is 8.84 Å². The van der Waals surface area contributed by atoms with E-state index in [1.807, 2.05) is 13.8 Å². The van der Waals surface area contributed by atoms with E-state index in [0.717, 1.165) is 13.1 Å². The Balaban J connectivity index is 3.68. The molecule has 0 unspecified atom stereocenters. The van der Waals surface area contributed by atoms with Gasteiger partial charge < -0.3 is 4.90 Å². The van der Waals surface area contributed by atoms with Crippen LogP contribution in [-0.2, 0) is 0 Å². The van der Waals surface area contributed by atoms with Crippen LogP contribution < -0.4 is 0 Å². The average Bonchev–Trinajstić information content (AvgIpc) is 2.11. The summed E-state index contributed by atoms with van der Waals surface area (Å²) >= 11 is 11.5. The first kappa shape index (κ1) is 15.5. The predicted octanol–water partition coefficient (Wildman–Crippen LogP) is 3.89. The molecule has 0 radical (unpaired) electrons. The summed E-state index contributed by atoms with van der Waals surface area (Å²) in [6, 6.07) is 0. The zero-order valence-electron chi connectivity index (χ0n) is 10.4. The molecule has 0 amide bonds. The molecule has 0 fully saturated rings. The van der Waals surface area contributed by atoms with Crippen molar-refractivity contribution in [3.05, 3.63) is 0 Å². The minimum atomic E-state index is -0.192. The fourth-order valence-electron chi connectivity index (χ4n) is 1.60. The fraction of sp³-hybridized carbons (Fsp3) is 1.00. The van der Waals surface area contributed by atoms with Crippen molar-refractivity contribution < 1.29 is 0 Å². The second-order valence-corrected chi connectivity index (χ2v) is 5.69. The van der Waals surface area contributed by atoms with Crippen LogP contribution in [0.15, 0.2) is 0 Å². The van der Waals surface area contributed by atoms with Crippen LogP contribution in [0.25, 0.3) is 0 Å². The second kappa shape index (κ2) is 7.72. The maximum atomic E-state index is 5.77. The lowest BCUT2D eigenvalue weighted by atomic mass is 10.1. The molecule has 2 nitrogen and oxygen atoms in total. The first-order chi connectivity index (χ1) is 6.90. The predicted molar refractivity (Wildman–Crippen MR) is 69.3 cm³/mol. The van der Waals surface area contributed by atoms with Gasteiger partial charge in [-0.2, -0.15) is 0 Å². The van der Waals surface area contributed by atoms with Gasteiger partial charge in [0.2, 0.25) is 0 Å². The molecule has 15 heavy (non-hydrogen) atoms. The summed E-state index contributed by atoms with van der Waals surface area (Å²) in [5.74, 6) is 0. The van der Waals surface area contributed by atoms with E-state index in [1.54, 1.807) is 0 Å². The van der Waals surface area contributed by atoms with E-state index in [1.165, 1.54) is 29.6 Å². The molecule has 0 saturated carbocycles. The zero-order chi connectivity index (χ0) is 11.9. The molecule has 0 saturated heterocycles. The van der Waals surface area contributed by atoms with Crippen LogP contribution in [0.1, 0.15) is 46.5 Å². The van der Waals surface area contributed by atoms with Crippen LogP contribution in [0.3, 0.4) is 0 Å². The Morgan fingerprint density at radius 2 is 1.67 bits per heavy atom. The molecule has 0 aliphatic carbocycles. The van der Waals surface area contributed by atoms with Gasteiger partial charge in [0.1, 0.15) is 0 Å². The van der Waals surface area contributed by atoms with Gasteiger partial charge in [-0.25, -0.2) is 0 Å². The van der Waals surface area contributed by atoms with Gasteiger partial charge in [-0.05, 0) is 57.4 Å². The van der Waals surface area contributed by atoms with Crippen molar-refractivity contribution in [3.63, 3.8) is 0 Å². The molecule has 0 heterocycles. The molecule has 0 aliphatic rings. The molecule has 0 aromatic rings. The molecular formula is C11H24Cl2N2. The Hall–Kier alpha value is 0.500. The quantitative estimate of drug-likeness (QED) is 0.479. The van der Waals surface area contributed by atoms with Crippen molar-refractivity contribution in [2.24, 2.45) is 0 Å². The van der Waals surface area contributed by atoms with Crippen LogP contribution >= 0.6 is 23.6 Å². The molecule has 0 aliphatic heterocycles. The molecule has 0 rings (SSSR count). The molecule has 0 aromatic heterocycles. The third kappa shape index (κ3) is 7.40. The topological polar surface area (TPSA) is 6.48 Å². The Kier molecular flexibility index (Phi) is 7.98. The van der Waals surface area contributed by atoms with E-state index < -0.39 is 0 Å². The molecule has 92 valence electrons.